The molecule has 8 fully saturated rings. The van der Waals surface area contributed by atoms with Gasteiger partial charge in [-0.2, -0.15) is 23.5 Å². The van der Waals surface area contributed by atoms with Crippen LogP contribution in [0.25, 0.3) is 0 Å². The first-order valence-corrected chi connectivity index (χ1v) is 27.2. The Balaban J connectivity index is 0.877. The molecule has 60 heavy (non-hydrogen) atoms. The normalized spacial score (nSPS) is 43.2. The highest BCUT2D eigenvalue weighted by molar-refractivity contribution is 8.02. The Bertz CT molecular complexity index is 1780. The summed E-state index contributed by atoms with van der Waals surface area (Å²) in [7, 11) is 0. The average Bonchev–Trinajstić information content (AvgIpc) is 3.94. The van der Waals surface area contributed by atoms with Gasteiger partial charge in [0.05, 0.1) is 0 Å². The first-order chi connectivity index (χ1) is 28.0. The van der Waals surface area contributed by atoms with E-state index in [1.165, 1.54) is 110 Å². The van der Waals surface area contributed by atoms with Crippen molar-refractivity contribution in [2.75, 3.05) is 11.5 Å². The summed E-state index contributed by atoms with van der Waals surface area (Å²) in [4.78, 5) is 0. The van der Waals surface area contributed by atoms with Gasteiger partial charge in [0.25, 0.3) is 0 Å². The van der Waals surface area contributed by atoms with Gasteiger partial charge in [-0.1, -0.05) is 107 Å². The molecule has 8 aliphatic rings. The molecule has 8 saturated carbocycles. The number of fused-ring (bicyclic) bond motifs is 8. The standard InChI is InChI=1S/C56H82O2S2/c1-49(2)35-13-17-53(49,9)43(27-35)39-23-33(24-40(47(39)57)44-28-36-14-18-54(44,10)50(36,3)4)31-59-21-22-60-32-34-25-41(45-29-37-15-19-55(45,11)51(37,5)6)48(58)42(26-34)46-30-38-16-20-56(46,12)52(38,7)8/h23-26,35-38,43-46,57-58H,13-22,27-32H2,1-12H3. The number of hydrogen-bond acceptors (Lipinski definition) is 4. The van der Waals surface area contributed by atoms with Crippen LogP contribution >= 0.6 is 23.5 Å². The summed E-state index contributed by atoms with van der Waals surface area (Å²) >= 11 is 4.20. The van der Waals surface area contributed by atoms with Gasteiger partial charge in [0, 0.05) is 23.0 Å². The minimum atomic E-state index is 0.247. The molecule has 12 unspecified atom stereocenters. The largest absolute Gasteiger partial charge is 0.507 e. The second kappa shape index (κ2) is 13.6. The first-order valence-electron chi connectivity index (χ1n) is 24.9. The molecule has 2 N–H and O–H groups in total. The van der Waals surface area contributed by atoms with Crippen LogP contribution in [-0.4, -0.2) is 21.7 Å². The molecule has 4 heteroatoms. The summed E-state index contributed by atoms with van der Waals surface area (Å²) in [6, 6.07) is 9.89. The Hall–Kier alpha value is -1.26. The topological polar surface area (TPSA) is 40.5 Å². The van der Waals surface area contributed by atoms with Crippen molar-refractivity contribution in [3.63, 3.8) is 0 Å². The smallest absolute Gasteiger partial charge is 0.122 e. The zero-order valence-electron chi connectivity index (χ0n) is 40.0. The van der Waals surface area contributed by atoms with Crippen LogP contribution in [0.15, 0.2) is 24.3 Å². The van der Waals surface area contributed by atoms with Crippen LogP contribution in [0.3, 0.4) is 0 Å². The van der Waals surface area contributed by atoms with Crippen LogP contribution in [0.4, 0.5) is 0 Å². The van der Waals surface area contributed by atoms with E-state index >= 15 is 0 Å². The molecule has 0 spiro atoms. The van der Waals surface area contributed by atoms with Crippen LogP contribution in [0.2, 0.25) is 0 Å². The molecule has 8 bridgehead atoms. The molecule has 8 aliphatic carbocycles. The van der Waals surface area contributed by atoms with Crippen molar-refractivity contribution in [2.45, 2.75) is 195 Å². The van der Waals surface area contributed by atoms with E-state index in [-0.39, 0.29) is 21.7 Å². The number of hydrogen-bond donors (Lipinski definition) is 2. The van der Waals surface area contributed by atoms with E-state index in [9.17, 15) is 10.2 Å². The third kappa shape index (κ3) is 5.46. The molecule has 0 amide bonds. The monoisotopic (exact) mass is 851 g/mol. The number of benzene rings is 2. The lowest BCUT2D eigenvalue weighted by atomic mass is 9.63. The van der Waals surface area contributed by atoms with Gasteiger partial charge in [-0.25, -0.2) is 0 Å². The van der Waals surface area contributed by atoms with Crippen molar-refractivity contribution in [2.24, 2.45) is 67.0 Å². The lowest BCUT2D eigenvalue weighted by Crippen LogP contribution is -2.32. The maximum atomic E-state index is 12.4. The number of aromatic hydroxyl groups is 2. The molecule has 330 valence electrons. The summed E-state index contributed by atoms with van der Waals surface area (Å²) in [5, 5.41) is 24.8. The fourth-order valence-electron chi connectivity index (χ4n) is 17.9. The van der Waals surface area contributed by atoms with Gasteiger partial charge >= 0.3 is 0 Å². The Morgan fingerprint density at radius 3 is 0.833 bits per heavy atom. The molecule has 2 aromatic rings. The minimum absolute atomic E-state index is 0.247. The lowest BCUT2D eigenvalue weighted by molar-refractivity contribution is 0.130. The van der Waals surface area contributed by atoms with Gasteiger partial charge < -0.3 is 10.2 Å². The Morgan fingerprint density at radius 1 is 0.417 bits per heavy atom. The summed E-state index contributed by atoms with van der Waals surface area (Å²) in [5.74, 6) is 10.5. The Labute approximate surface area is 374 Å². The molecule has 0 aromatic heterocycles. The maximum absolute atomic E-state index is 12.4. The average molecular weight is 851 g/mol. The molecule has 10 rings (SSSR count). The molecule has 2 nitrogen and oxygen atoms in total. The van der Waals surface area contributed by atoms with Crippen molar-refractivity contribution >= 4 is 23.5 Å². The molecule has 2 aromatic carbocycles. The second-order valence-corrected chi connectivity index (χ2v) is 28.2. The summed E-state index contributed by atoms with van der Waals surface area (Å²) in [6.07, 6.45) is 15.5. The molecular weight excluding hydrogens is 769 g/mol. The number of thioether (sulfide) groups is 2. The van der Waals surface area contributed by atoms with Crippen molar-refractivity contribution in [3.05, 3.63) is 57.6 Å². The predicted octanol–water partition coefficient (Wildman–Crippen LogP) is 16.0. The van der Waals surface area contributed by atoms with Crippen LogP contribution in [0, 0.1) is 67.0 Å². The number of rotatable bonds is 11. The van der Waals surface area contributed by atoms with E-state index < -0.39 is 0 Å². The van der Waals surface area contributed by atoms with Gasteiger partial charge in [-0.05, 0) is 201 Å². The zero-order chi connectivity index (χ0) is 42.8. The second-order valence-electron chi connectivity index (χ2n) is 26.0. The van der Waals surface area contributed by atoms with E-state index in [0.717, 1.165) is 46.7 Å². The van der Waals surface area contributed by atoms with Crippen LogP contribution in [0.5, 0.6) is 11.5 Å². The summed E-state index contributed by atoms with van der Waals surface area (Å²) in [5.41, 5.74) is 10.3. The Kier molecular flexibility index (Phi) is 9.70. The van der Waals surface area contributed by atoms with Crippen molar-refractivity contribution in [1.29, 1.82) is 0 Å². The van der Waals surface area contributed by atoms with E-state index in [2.05, 4.69) is 131 Å². The van der Waals surface area contributed by atoms with E-state index in [4.69, 9.17) is 0 Å². The van der Waals surface area contributed by atoms with E-state index in [1.54, 1.807) is 0 Å². The molecule has 0 radical (unpaired) electrons. The third-order valence-corrected chi connectivity index (χ3v) is 26.4. The molecule has 0 aliphatic heterocycles. The SMILES string of the molecule is CC1(C)C2CCC1(C)C(c1cc(CSCCSCc3cc(C4CC5CCC4(C)C5(C)C)c(O)c(C4CC5CCC4(C)C5(C)C)c3)cc(C3CC4CCC3(C)C4(C)C)c1O)C2. The highest BCUT2D eigenvalue weighted by Gasteiger charge is 2.66. The van der Waals surface area contributed by atoms with Gasteiger partial charge in [-0.15, -0.1) is 0 Å². The fourth-order valence-corrected chi connectivity index (χ4v) is 19.9. The highest BCUT2D eigenvalue weighted by Crippen LogP contribution is 2.76. The lowest BCUT2D eigenvalue weighted by Gasteiger charge is -2.42. The molecular formula is C56H82O2S2. The highest BCUT2D eigenvalue weighted by atomic mass is 32.2. The number of phenolic OH excluding ortho intramolecular Hbond substituents is 2. The van der Waals surface area contributed by atoms with Crippen molar-refractivity contribution < 1.29 is 10.2 Å². The van der Waals surface area contributed by atoms with Crippen LogP contribution < -0.4 is 0 Å². The predicted molar refractivity (Wildman–Crippen MR) is 256 cm³/mol. The van der Waals surface area contributed by atoms with E-state index in [1.807, 2.05) is 0 Å². The quantitative estimate of drug-likeness (QED) is 0.221. The summed E-state index contributed by atoms with van der Waals surface area (Å²) in [6.45, 7) is 30.4. The molecule has 12 atom stereocenters. The van der Waals surface area contributed by atoms with Crippen LogP contribution in [0.1, 0.15) is 217 Å². The van der Waals surface area contributed by atoms with Gasteiger partial charge in [0.1, 0.15) is 11.5 Å². The molecule has 0 saturated heterocycles. The van der Waals surface area contributed by atoms with Crippen molar-refractivity contribution in [3.8, 4) is 11.5 Å². The van der Waals surface area contributed by atoms with Gasteiger partial charge in [-0.3, -0.25) is 0 Å². The maximum Gasteiger partial charge on any atom is 0.122 e. The first kappa shape index (κ1) is 42.7. The Morgan fingerprint density at radius 2 is 0.650 bits per heavy atom. The third-order valence-electron chi connectivity index (χ3n) is 24.0. The molecule has 0 heterocycles. The minimum Gasteiger partial charge on any atom is -0.507 e. The zero-order valence-corrected chi connectivity index (χ0v) is 41.6. The van der Waals surface area contributed by atoms with Crippen molar-refractivity contribution in [1.82, 2.24) is 0 Å². The van der Waals surface area contributed by atoms with Crippen LogP contribution in [-0.2, 0) is 11.5 Å². The van der Waals surface area contributed by atoms with E-state index in [0.29, 0.717) is 56.8 Å². The number of phenols is 2. The summed E-state index contributed by atoms with van der Waals surface area (Å²) < 4.78 is 0. The fraction of sp³-hybridized carbons (Fsp3) is 0.786. The van der Waals surface area contributed by atoms with Gasteiger partial charge in [0.2, 0.25) is 0 Å². The van der Waals surface area contributed by atoms with Gasteiger partial charge in [0.15, 0.2) is 0 Å².